The van der Waals surface area contributed by atoms with Crippen LogP contribution in [0, 0.1) is 5.92 Å². The summed E-state index contributed by atoms with van der Waals surface area (Å²) in [6, 6.07) is -2.15. The summed E-state index contributed by atoms with van der Waals surface area (Å²) in [5, 5.41) is 6.80. The molecule has 0 radical (unpaired) electrons. The van der Waals surface area contributed by atoms with E-state index in [-0.39, 0.29) is 5.69 Å². The van der Waals surface area contributed by atoms with Gasteiger partial charge in [0.15, 0.2) is 5.92 Å². The highest BCUT2D eigenvalue weighted by Gasteiger charge is 2.59. The third-order valence-electron chi connectivity index (χ3n) is 2.23. The molecule has 104 valence electrons. The lowest BCUT2D eigenvalue weighted by atomic mass is 9.95. The monoisotopic (exact) mass is 276 g/mol. The van der Waals surface area contributed by atoms with Crippen LogP contribution in [-0.4, -0.2) is 33.4 Å². The van der Waals surface area contributed by atoms with Crippen LogP contribution >= 0.6 is 0 Å². The van der Waals surface area contributed by atoms with Gasteiger partial charge in [0.25, 0.3) is 0 Å². The van der Waals surface area contributed by atoms with E-state index in [4.69, 9.17) is 5.73 Å². The van der Waals surface area contributed by atoms with E-state index in [0.717, 1.165) is 4.68 Å². The van der Waals surface area contributed by atoms with Crippen LogP contribution < -0.4 is 5.73 Å². The molecule has 0 spiro atoms. The van der Waals surface area contributed by atoms with Gasteiger partial charge in [-0.2, -0.15) is 26.3 Å². The van der Waals surface area contributed by atoms with Gasteiger partial charge in [-0.1, -0.05) is 5.21 Å². The van der Waals surface area contributed by atoms with E-state index in [1.54, 1.807) is 0 Å². The van der Waals surface area contributed by atoms with E-state index < -0.39 is 30.7 Å². The number of alkyl halides is 6. The number of aryl methyl sites for hydroxylation is 1. The standard InChI is InChI=1S/C8H10F6N4/c1-18-3-4(16-17-18)2-5(15)6(7(9,10)11)8(12,13)14/h3,5-6H,2,15H2,1H3. The third-order valence-corrected chi connectivity index (χ3v) is 2.23. The molecule has 0 amide bonds. The number of nitrogens with two attached hydrogens (primary N) is 1. The number of aromatic nitrogens is 3. The Morgan fingerprint density at radius 2 is 1.72 bits per heavy atom. The average Bonchev–Trinajstić information content (AvgIpc) is 2.44. The molecule has 1 heterocycles. The molecule has 1 atom stereocenters. The van der Waals surface area contributed by atoms with Gasteiger partial charge in [-0.15, -0.1) is 5.10 Å². The SMILES string of the molecule is Cn1cc(CC(N)C(C(F)(F)F)C(F)(F)F)nn1. The van der Waals surface area contributed by atoms with Crippen molar-refractivity contribution in [1.29, 1.82) is 0 Å². The van der Waals surface area contributed by atoms with Gasteiger partial charge in [-0.3, -0.25) is 4.68 Å². The topological polar surface area (TPSA) is 56.7 Å². The van der Waals surface area contributed by atoms with Gasteiger partial charge in [0.1, 0.15) is 0 Å². The molecule has 1 unspecified atom stereocenters. The van der Waals surface area contributed by atoms with Crippen LogP contribution in [0.1, 0.15) is 5.69 Å². The Kier molecular flexibility index (Phi) is 3.89. The van der Waals surface area contributed by atoms with Crippen molar-refractivity contribution in [1.82, 2.24) is 15.0 Å². The van der Waals surface area contributed by atoms with Crippen molar-refractivity contribution in [2.24, 2.45) is 18.7 Å². The van der Waals surface area contributed by atoms with E-state index in [1.807, 2.05) is 0 Å². The molecule has 1 rings (SSSR count). The lowest BCUT2D eigenvalue weighted by molar-refractivity contribution is -0.289. The molecule has 0 aliphatic rings. The smallest absolute Gasteiger partial charge is 0.326 e. The van der Waals surface area contributed by atoms with Crippen molar-refractivity contribution in [3.8, 4) is 0 Å². The predicted octanol–water partition coefficient (Wildman–Crippen LogP) is 1.43. The van der Waals surface area contributed by atoms with Crippen LogP contribution in [-0.2, 0) is 13.5 Å². The van der Waals surface area contributed by atoms with E-state index in [0.29, 0.717) is 0 Å². The van der Waals surface area contributed by atoms with Crippen molar-refractivity contribution in [2.75, 3.05) is 0 Å². The highest BCUT2D eigenvalue weighted by Crippen LogP contribution is 2.41. The van der Waals surface area contributed by atoms with Gasteiger partial charge in [0, 0.05) is 25.7 Å². The van der Waals surface area contributed by atoms with Crippen LogP contribution in [0.3, 0.4) is 0 Å². The Hall–Kier alpha value is -1.32. The number of halogens is 6. The summed E-state index contributed by atoms with van der Waals surface area (Å²) >= 11 is 0. The van der Waals surface area contributed by atoms with E-state index >= 15 is 0 Å². The van der Waals surface area contributed by atoms with E-state index in [9.17, 15) is 26.3 Å². The number of hydrogen-bond acceptors (Lipinski definition) is 3. The maximum absolute atomic E-state index is 12.3. The van der Waals surface area contributed by atoms with Gasteiger partial charge >= 0.3 is 12.4 Å². The second kappa shape index (κ2) is 4.75. The molecule has 1 aromatic rings. The van der Waals surface area contributed by atoms with Crippen molar-refractivity contribution in [3.63, 3.8) is 0 Å². The first kappa shape index (κ1) is 14.7. The zero-order valence-electron chi connectivity index (χ0n) is 9.13. The maximum atomic E-state index is 12.3. The first-order valence-electron chi connectivity index (χ1n) is 4.76. The first-order chi connectivity index (χ1) is 8.01. The Morgan fingerprint density at radius 3 is 2.06 bits per heavy atom. The molecule has 0 aromatic carbocycles. The Morgan fingerprint density at radius 1 is 1.22 bits per heavy atom. The fraction of sp³-hybridized carbons (Fsp3) is 0.750. The van der Waals surface area contributed by atoms with Gasteiger partial charge in [-0.05, 0) is 0 Å². The molecule has 0 aliphatic heterocycles. The van der Waals surface area contributed by atoms with Gasteiger partial charge in [0.2, 0.25) is 0 Å². The van der Waals surface area contributed by atoms with E-state index in [2.05, 4.69) is 10.3 Å². The van der Waals surface area contributed by atoms with Gasteiger partial charge < -0.3 is 5.73 Å². The van der Waals surface area contributed by atoms with Crippen LogP contribution in [0.25, 0.3) is 0 Å². The molecule has 0 saturated heterocycles. The van der Waals surface area contributed by atoms with Gasteiger partial charge in [0.05, 0.1) is 5.69 Å². The third kappa shape index (κ3) is 3.59. The second-order valence-electron chi connectivity index (χ2n) is 3.81. The molecule has 0 aliphatic carbocycles. The highest BCUT2D eigenvalue weighted by atomic mass is 19.4. The molecule has 0 bridgehead atoms. The summed E-state index contributed by atoms with van der Waals surface area (Å²) in [6.45, 7) is 0. The fourth-order valence-corrected chi connectivity index (χ4v) is 1.52. The molecular weight excluding hydrogens is 266 g/mol. The minimum Gasteiger partial charge on any atom is -0.326 e. The quantitative estimate of drug-likeness (QED) is 0.850. The second-order valence-corrected chi connectivity index (χ2v) is 3.81. The van der Waals surface area contributed by atoms with Crippen molar-refractivity contribution < 1.29 is 26.3 Å². The Bertz CT molecular complexity index is 381. The Balaban J connectivity index is 2.87. The number of rotatable bonds is 3. The van der Waals surface area contributed by atoms with Crippen molar-refractivity contribution >= 4 is 0 Å². The summed E-state index contributed by atoms with van der Waals surface area (Å²) in [5.41, 5.74) is 4.99. The average molecular weight is 276 g/mol. The van der Waals surface area contributed by atoms with Crippen LogP contribution in [0.2, 0.25) is 0 Å². The fourth-order valence-electron chi connectivity index (χ4n) is 1.52. The Labute approximate surface area is 97.7 Å². The summed E-state index contributed by atoms with van der Waals surface area (Å²) in [7, 11) is 1.44. The molecular formula is C8H10F6N4. The summed E-state index contributed by atoms with van der Waals surface area (Å²) < 4.78 is 75.2. The molecule has 2 N–H and O–H groups in total. The minimum absolute atomic E-state index is 0.0245. The van der Waals surface area contributed by atoms with Crippen LogP contribution in [0.5, 0.6) is 0 Å². The maximum Gasteiger partial charge on any atom is 0.402 e. The molecule has 4 nitrogen and oxygen atoms in total. The molecule has 0 fully saturated rings. The first-order valence-corrected chi connectivity index (χ1v) is 4.76. The molecule has 0 saturated carbocycles. The highest BCUT2D eigenvalue weighted by molar-refractivity contribution is 4.99. The normalized spacial score (nSPS) is 15.2. The van der Waals surface area contributed by atoms with Crippen LogP contribution in [0.4, 0.5) is 26.3 Å². The predicted molar refractivity (Wildman–Crippen MR) is 48.3 cm³/mol. The zero-order chi connectivity index (χ0) is 14.1. The number of nitrogens with zero attached hydrogens (tertiary/aromatic N) is 3. The summed E-state index contributed by atoms with van der Waals surface area (Å²) in [4.78, 5) is 0. The van der Waals surface area contributed by atoms with Crippen molar-refractivity contribution in [2.45, 2.75) is 24.8 Å². The molecule has 10 heteroatoms. The van der Waals surface area contributed by atoms with Crippen LogP contribution in [0.15, 0.2) is 6.20 Å². The molecule has 18 heavy (non-hydrogen) atoms. The zero-order valence-corrected chi connectivity index (χ0v) is 9.13. The summed E-state index contributed by atoms with van der Waals surface area (Å²) in [5.74, 6) is -3.58. The number of hydrogen-bond donors (Lipinski definition) is 1. The largest absolute Gasteiger partial charge is 0.402 e. The van der Waals surface area contributed by atoms with Gasteiger partial charge in [-0.25, -0.2) is 0 Å². The minimum atomic E-state index is -5.44. The molecule has 1 aromatic heterocycles. The lowest BCUT2D eigenvalue weighted by Gasteiger charge is -2.27. The van der Waals surface area contributed by atoms with Crippen molar-refractivity contribution in [3.05, 3.63) is 11.9 Å². The summed E-state index contributed by atoms with van der Waals surface area (Å²) in [6.07, 6.45) is -10.3. The van der Waals surface area contributed by atoms with E-state index in [1.165, 1.54) is 13.2 Å². The lowest BCUT2D eigenvalue weighted by Crippen LogP contribution is -2.49.